The summed E-state index contributed by atoms with van der Waals surface area (Å²) < 4.78 is 5.04. The second-order valence-corrected chi connectivity index (χ2v) is 5.63. The Balaban J connectivity index is 3.65. The first-order valence-electron chi connectivity index (χ1n) is 7.42. The number of hydrogen-bond donors (Lipinski definition) is 3. The van der Waals surface area contributed by atoms with Crippen LogP contribution in [0, 0.1) is 0 Å². The van der Waals surface area contributed by atoms with E-state index in [1.807, 2.05) is 6.92 Å². The molecule has 0 saturated heterocycles. The molecule has 0 unspecified atom stereocenters. The van der Waals surface area contributed by atoms with E-state index < -0.39 is 11.7 Å². The number of carbonyl (C=O) groups is 3. The number of allylic oxidation sites excluding steroid dienone is 1. The molecule has 0 aromatic heterocycles. The summed E-state index contributed by atoms with van der Waals surface area (Å²) in [6.45, 7) is 8.15. The summed E-state index contributed by atoms with van der Waals surface area (Å²) in [5, 5.41) is 7.79. The van der Waals surface area contributed by atoms with Crippen molar-refractivity contribution in [3.63, 3.8) is 0 Å². The fourth-order valence-corrected chi connectivity index (χ4v) is 1.35. The quantitative estimate of drug-likeness (QED) is 0.462. The Kier molecular flexibility index (Phi) is 9.65. The van der Waals surface area contributed by atoms with Gasteiger partial charge in [0.15, 0.2) is 0 Å². The summed E-state index contributed by atoms with van der Waals surface area (Å²) >= 11 is 0. The van der Waals surface area contributed by atoms with Crippen LogP contribution in [0.4, 0.5) is 4.79 Å². The summed E-state index contributed by atoms with van der Waals surface area (Å²) in [7, 11) is 0. The van der Waals surface area contributed by atoms with Crippen LogP contribution >= 0.6 is 0 Å². The van der Waals surface area contributed by atoms with E-state index in [1.54, 1.807) is 26.8 Å². The lowest BCUT2D eigenvalue weighted by Gasteiger charge is -2.19. The van der Waals surface area contributed by atoms with Crippen molar-refractivity contribution < 1.29 is 19.1 Å². The lowest BCUT2D eigenvalue weighted by molar-refractivity contribution is -0.121. The van der Waals surface area contributed by atoms with E-state index >= 15 is 0 Å². The van der Waals surface area contributed by atoms with Crippen molar-refractivity contribution in [2.45, 2.75) is 46.1 Å². The average Bonchev–Trinajstić information content (AvgIpc) is 2.39. The van der Waals surface area contributed by atoms with E-state index in [1.165, 1.54) is 6.08 Å². The van der Waals surface area contributed by atoms with E-state index in [0.29, 0.717) is 13.1 Å². The van der Waals surface area contributed by atoms with Crippen LogP contribution in [0.5, 0.6) is 0 Å². The Labute approximate surface area is 131 Å². The molecule has 0 heterocycles. The monoisotopic (exact) mass is 313 g/mol. The molecule has 0 aliphatic carbocycles. The molecule has 126 valence electrons. The molecule has 0 aliphatic heterocycles. The number of alkyl carbamates (subject to hydrolysis) is 1. The summed E-state index contributed by atoms with van der Waals surface area (Å²) in [5.74, 6) is -0.378. The van der Waals surface area contributed by atoms with Crippen LogP contribution in [-0.4, -0.2) is 43.1 Å². The zero-order valence-corrected chi connectivity index (χ0v) is 13.8. The van der Waals surface area contributed by atoms with Gasteiger partial charge in [-0.25, -0.2) is 4.79 Å². The van der Waals surface area contributed by atoms with Crippen LogP contribution < -0.4 is 16.0 Å². The zero-order valence-electron chi connectivity index (χ0n) is 13.8. The molecule has 0 rings (SSSR count). The third kappa shape index (κ3) is 13.0. The third-order valence-corrected chi connectivity index (χ3v) is 2.27. The Morgan fingerprint density at radius 1 is 1.00 bits per heavy atom. The molecule has 0 bridgehead atoms. The van der Waals surface area contributed by atoms with Crippen molar-refractivity contribution in [3.05, 3.63) is 12.2 Å². The van der Waals surface area contributed by atoms with E-state index in [9.17, 15) is 14.4 Å². The maximum atomic E-state index is 11.5. The number of hydrogen-bond acceptors (Lipinski definition) is 4. The van der Waals surface area contributed by atoms with Crippen LogP contribution in [0.3, 0.4) is 0 Å². The van der Waals surface area contributed by atoms with Gasteiger partial charge in [0, 0.05) is 26.1 Å². The molecule has 0 aromatic rings. The Morgan fingerprint density at radius 3 is 2.23 bits per heavy atom. The van der Waals surface area contributed by atoms with Crippen molar-refractivity contribution >= 4 is 17.9 Å². The molecule has 0 spiro atoms. The summed E-state index contributed by atoms with van der Waals surface area (Å²) in [6, 6.07) is 0. The minimum atomic E-state index is -0.559. The minimum absolute atomic E-state index is 0.156. The van der Waals surface area contributed by atoms with Crippen LogP contribution in [-0.2, 0) is 14.3 Å². The number of nitrogens with one attached hydrogen (secondary N) is 3. The van der Waals surface area contributed by atoms with E-state index in [-0.39, 0.29) is 24.8 Å². The Morgan fingerprint density at radius 2 is 1.64 bits per heavy atom. The number of carbonyl (C=O) groups excluding carboxylic acids is 3. The molecule has 0 aromatic carbocycles. The molecule has 3 amide bonds. The largest absolute Gasteiger partial charge is 0.444 e. The SMILES string of the molecule is CC/C=C/C(=O)NCCNC(=O)CCNC(=O)OC(C)(C)C. The van der Waals surface area contributed by atoms with Crippen LogP contribution in [0.15, 0.2) is 12.2 Å². The van der Waals surface area contributed by atoms with E-state index in [4.69, 9.17) is 4.74 Å². The number of ether oxygens (including phenoxy) is 1. The van der Waals surface area contributed by atoms with Gasteiger partial charge in [-0.3, -0.25) is 9.59 Å². The average molecular weight is 313 g/mol. The molecule has 0 aliphatic rings. The highest BCUT2D eigenvalue weighted by atomic mass is 16.6. The summed E-state index contributed by atoms with van der Waals surface area (Å²) in [5.41, 5.74) is -0.559. The van der Waals surface area contributed by atoms with Gasteiger partial charge in [0.25, 0.3) is 0 Å². The highest BCUT2D eigenvalue weighted by molar-refractivity contribution is 5.87. The fourth-order valence-electron chi connectivity index (χ4n) is 1.35. The molecule has 22 heavy (non-hydrogen) atoms. The van der Waals surface area contributed by atoms with Crippen molar-refractivity contribution in [3.8, 4) is 0 Å². The normalized spacial score (nSPS) is 11.1. The first kappa shape index (κ1) is 19.9. The molecule has 7 heteroatoms. The van der Waals surface area contributed by atoms with Gasteiger partial charge in [0.2, 0.25) is 11.8 Å². The number of rotatable bonds is 8. The summed E-state index contributed by atoms with van der Waals surface area (Å²) in [4.78, 5) is 34.1. The van der Waals surface area contributed by atoms with E-state index in [0.717, 1.165) is 6.42 Å². The van der Waals surface area contributed by atoms with Gasteiger partial charge in [0.1, 0.15) is 5.60 Å². The second kappa shape index (κ2) is 10.6. The zero-order chi connectivity index (χ0) is 17.0. The van der Waals surface area contributed by atoms with Gasteiger partial charge in [-0.2, -0.15) is 0 Å². The van der Waals surface area contributed by atoms with Gasteiger partial charge in [-0.05, 0) is 33.3 Å². The molecule has 7 nitrogen and oxygen atoms in total. The molecule has 0 radical (unpaired) electrons. The molecule has 0 saturated carbocycles. The van der Waals surface area contributed by atoms with E-state index in [2.05, 4.69) is 16.0 Å². The van der Waals surface area contributed by atoms with Gasteiger partial charge in [-0.1, -0.05) is 13.0 Å². The van der Waals surface area contributed by atoms with Gasteiger partial charge in [-0.15, -0.1) is 0 Å². The minimum Gasteiger partial charge on any atom is -0.444 e. The van der Waals surface area contributed by atoms with Gasteiger partial charge in [0.05, 0.1) is 0 Å². The van der Waals surface area contributed by atoms with Crippen LogP contribution in [0.1, 0.15) is 40.5 Å². The highest BCUT2D eigenvalue weighted by Crippen LogP contribution is 2.06. The van der Waals surface area contributed by atoms with Gasteiger partial charge >= 0.3 is 6.09 Å². The fraction of sp³-hybridized carbons (Fsp3) is 0.667. The smallest absolute Gasteiger partial charge is 0.407 e. The maximum Gasteiger partial charge on any atom is 0.407 e. The van der Waals surface area contributed by atoms with Crippen molar-refractivity contribution in [1.29, 1.82) is 0 Å². The van der Waals surface area contributed by atoms with Crippen LogP contribution in [0.25, 0.3) is 0 Å². The predicted molar refractivity (Wildman–Crippen MR) is 84.3 cm³/mol. The first-order valence-corrected chi connectivity index (χ1v) is 7.42. The standard InChI is InChI=1S/C15H27N3O4/c1-5-6-7-12(19)16-10-11-17-13(20)8-9-18-14(21)22-15(2,3)4/h6-7H,5,8-11H2,1-4H3,(H,16,19)(H,17,20)(H,18,21)/b7-6+. The summed E-state index contributed by atoms with van der Waals surface area (Å²) in [6.07, 6.45) is 3.64. The molecule has 0 fully saturated rings. The second-order valence-electron chi connectivity index (χ2n) is 5.63. The topological polar surface area (TPSA) is 96.5 Å². The number of amides is 3. The lowest BCUT2D eigenvalue weighted by Crippen LogP contribution is -2.37. The predicted octanol–water partition coefficient (Wildman–Crippen LogP) is 1.10. The lowest BCUT2D eigenvalue weighted by atomic mass is 10.2. The maximum absolute atomic E-state index is 11.5. The van der Waals surface area contributed by atoms with Crippen molar-refractivity contribution in [1.82, 2.24) is 16.0 Å². The third-order valence-electron chi connectivity index (χ3n) is 2.27. The highest BCUT2D eigenvalue weighted by Gasteiger charge is 2.15. The molecule has 3 N–H and O–H groups in total. The molecular weight excluding hydrogens is 286 g/mol. The Bertz CT molecular complexity index is 400. The van der Waals surface area contributed by atoms with Crippen molar-refractivity contribution in [2.24, 2.45) is 0 Å². The van der Waals surface area contributed by atoms with Gasteiger partial charge < -0.3 is 20.7 Å². The first-order chi connectivity index (χ1) is 10.2. The van der Waals surface area contributed by atoms with Crippen LogP contribution in [0.2, 0.25) is 0 Å². The molecular formula is C15H27N3O4. The molecule has 0 atom stereocenters. The Hall–Kier alpha value is -2.05. The van der Waals surface area contributed by atoms with Crippen molar-refractivity contribution in [2.75, 3.05) is 19.6 Å².